The molecule has 4 rings (SSSR count). The van der Waals surface area contributed by atoms with Crippen LogP contribution in [0.3, 0.4) is 0 Å². The first kappa shape index (κ1) is 5.49. The first-order valence-corrected chi connectivity index (χ1v) is 4.13. The number of phenolic OH excluding ortho intramolecular Hbond substituents is 1. The predicted octanol–water partition coefficient (Wildman–Crippen LogP) is 1.78. The summed E-state index contributed by atoms with van der Waals surface area (Å²) in [5.74, 6) is 1.69. The van der Waals surface area contributed by atoms with Crippen LogP contribution in [0.4, 0.5) is 0 Å². The van der Waals surface area contributed by atoms with Crippen LogP contribution in [0.5, 0.6) is 23.0 Å². The van der Waals surface area contributed by atoms with Gasteiger partial charge < -0.3 is 18.7 Å². The van der Waals surface area contributed by atoms with E-state index in [9.17, 15) is 5.11 Å². The van der Waals surface area contributed by atoms with Crippen molar-refractivity contribution in [2.45, 2.75) is 0 Å². The van der Waals surface area contributed by atoms with Gasteiger partial charge in [0.15, 0.2) is 11.5 Å². The van der Waals surface area contributed by atoms with Crippen LogP contribution >= 0.6 is 8.60 Å². The van der Waals surface area contributed by atoms with Crippen LogP contribution in [-0.4, -0.2) is 5.11 Å². The Morgan fingerprint density at radius 1 is 1.09 bits per heavy atom. The second-order valence-corrected chi connectivity index (χ2v) is 3.26. The van der Waals surface area contributed by atoms with E-state index in [1.54, 1.807) is 12.1 Å². The Labute approximate surface area is 63.3 Å². The molecule has 4 bridgehead atoms. The van der Waals surface area contributed by atoms with Gasteiger partial charge in [-0.25, -0.2) is 0 Å². The Hall–Kier alpha value is -1.15. The summed E-state index contributed by atoms with van der Waals surface area (Å²) in [7, 11) is -1.29. The van der Waals surface area contributed by atoms with Gasteiger partial charge in [0.05, 0.1) is 0 Å². The third-order valence-corrected chi connectivity index (χ3v) is 2.59. The highest BCUT2D eigenvalue weighted by Crippen LogP contribution is 2.60. The summed E-state index contributed by atoms with van der Waals surface area (Å²) >= 11 is 0. The molecule has 11 heavy (non-hydrogen) atoms. The molecule has 0 fully saturated rings. The van der Waals surface area contributed by atoms with E-state index in [0.717, 1.165) is 0 Å². The minimum Gasteiger partial charge on any atom is -0.502 e. The molecule has 0 saturated carbocycles. The maximum Gasteiger partial charge on any atom is 0.530 e. The maximum atomic E-state index is 9.30. The standard InChI is InChI=1S/C6H3O4P/c7-6-4-1-3-2-5(6)10-11(8-3)9-4/h1-2,7H. The van der Waals surface area contributed by atoms with Gasteiger partial charge in [-0.15, -0.1) is 0 Å². The summed E-state index contributed by atoms with van der Waals surface area (Å²) < 4.78 is 15.3. The molecule has 1 aromatic rings. The van der Waals surface area contributed by atoms with Gasteiger partial charge in [-0.3, -0.25) is 0 Å². The predicted molar refractivity (Wildman–Crippen MR) is 36.9 cm³/mol. The number of phenols is 1. The Bertz CT molecular complexity index is 310. The van der Waals surface area contributed by atoms with Crippen molar-refractivity contribution >= 4 is 8.60 Å². The molecule has 3 aliphatic heterocycles. The van der Waals surface area contributed by atoms with Crippen molar-refractivity contribution in [3.8, 4) is 23.0 Å². The average molecular weight is 170 g/mol. The number of hydrogen-bond acceptors (Lipinski definition) is 4. The van der Waals surface area contributed by atoms with E-state index in [4.69, 9.17) is 13.6 Å². The molecule has 3 aliphatic rings. The molecule has 0 saturated heterocycles. The van der Waals surface area contributed by atoms with Crippen LogP contribution in [0.1, 0.15) is 0 Å². The summed E-state index contributed by atoms with van der Waals surface area (Å²) in [6, 6.07) is 3.28. The fraction of sp³-hybridized carbons (Fsp3) is 0. The molecule has 3 heterocycles. The zero-order chi connectivity index (χ0) is 7.42. The Morgan fingerprint density at radius 2 is 1.73 bits per heavy atom. The lowest BCUT2D eigenvalue weighted by Gasteiger charge is -2.29. The molecule has 1 aromatic carbocycles. The molecule has 0 aromatic heterocycles. The average Bonchev–Trinajstić information content (AvgIpc) is 1.98. The summed E-state index contributed by atoms with van der Waals surface area (Å²) in [5.41, 5.74) is 0. The van der Waals surface area contributed by atoms with Gasteiger partial charge in [-0.05, 0) is 0 Å². The van der Waals surface area contributed by atoms with Gasteiger partial charge >= 0.3 is 8.60 Å². The van der Waals surface area contributed by atoms with Gasteiger partial charge in [-0.1, -0.05) is 0 Å². The van der Waals surface area contributed by atoms with Crippen molar-refractivity contribution in [2.24, 2.45) is 0 Å². The quantitative estimate of drug-likeness (QED) is 0.603. The van der Waals surface area contributed by atoms with E-state index in [-0.39, 0.29) is 5.75 Å². The zero-order valence-electron chi connectivity index (χ0n) is 5.27. The van der Waals surface area contributed by atoms with Gasteiger partial charge in [0.25, 0.3) is 0 Å². The zero-order valence-corrected chi connectivity index (χ0v) is 6.17. The minimum atomic E-state index is -1.29. The fourth-order valence-electron chi connectivity index (χ4n) is 1.05. The van der Waals surface area contributed by atoms with Crippen LogP contribution in [0, 0.1) is 0 Å². The van der Waals surface area contributed by atoms with Crippen molar-refractivity contribution in [3.05, 3.63) is 12.1 Å². The number of benzene rings is 1. The topological polar surface area (TPSA) is 47.9 Å². The number of hydrogen-bond donors (Lipinski definition) is 1. The third kappa shape index (κ3) is 0.576. The van der Waals surface area contributed by atoms with Crippen molar-refractivity contribution < 1.29 is 18.7 Å². The van der Waals surface area contributed by atoms with Crippen LogP contribution in [0.25, 0.3) is 0 Å². The molecule has 5 heteroatoms. The molecule has 0 radical (unpaired) electrons. The normalized spacial score (nSPS) is 17.5. The molecule has 0 aliphatic carbocycles. The lowest BCUT2D eigenvalue weighted by Crippen LogP contribution is -2.11. The molecule has 0 spiro atoms. The van der Waals surface area contributed by atoms with Gasteiger partial charge in [0.2, 0.25) is 5.75 Å². The highest BCUT2D eigenvalue weighted by molar-refractivity contribution is 7.43. The summed E-state index contributed by atoms with van der Waals surface area (Å²) in [4.78, 5) is 0. The van der Waals surface area contributed by atoms with Crippen molar-refractivity contribution in [3.63, 3.8) is 0 Å². The first-order chi connectivity index (χ1) is 5.33. The summed E-state index contributed by atoms with van der Waals surface area (Å²) in [6.45, 7) is 0. The van der Waals surface area contributed by atoms with Crippen molar-refractivity contribution in [1.82, 2.24) is 0 Å². The number of rotatable bonds is 0. The smallest absolute Gasteiger partial charge is 0.502 e. The van der Waals surface area contributed by atoms with E-state index in [0.29, 0.717) is 17.2 Å². The third-order valence-electron chi connectivity index (χ3n) is 1.54. The van der Waals surface area contributed by atoms with Crippen LogP contribution < -0.4 is 13.6 Å². The molecule has 0 unspecified atom stereocenters. The first-order valence-electron chi connectivity index (χ1n) is 3.04. The monoisotopic (exact) mass is 170 g/mol. The SMILES string of the molecule is Oc1c2cc3cc1OP(O3)O2. The molecular weight excluding hydrogens is 167 g/mol. The number of aromatic hydroxyl groups is 1. The van der Waals surface area contributed by atoms with Crippen LogP contribution in [0.15, 0.2) is 12.1 Å². The Balaban J connectivity index is 2.39. The van der Waals surface area contributed by atoms with Crippen molar-refractivity contribution in [1.29, 1.82) is 0 Å². The van der Waals surface area contributed by atoms with E-state index < -0.39 is 8.60 Å². The van der Waals surface area contributed by atoms with E-state index >= 15 is 0 Å². The maximum absolute atomic E-state index is 9.30. The lowest BCUT2D eigenvalue weighted by molar-refractivity contribution is 0.310. The molecule has 4 nitrogen and oxygen atoms in total. The Morgan fingerprint density at radius 3 is 2.27 bits per heavy atom. The molecule has 0 amide bonds. The highest BCUT2D eigenvalue weighted by Gasteiger charge is 2.35. The van der Waals surface area contributed by atoms with Gasteiger partial charge in [-0.2, -0.15) is 0 Å². The Kier molecular flexibility index (Phi) is 0.767. The van der Waals surface area contributed by atoms with Gasteiger partial charge in [0, 0.05) is 12.1 Å². The molecule has 1 N–H and O–H groups in total. The van der Waals surface area contributed by atoms with E-state index in [2.05, 4.69) is 0 Å². The van der Waals surface area contributed by atoms with E-state index in [1.165, 1.54) is 0 Å². The second kappa shape index (κ2) is 1.53. The molecule has 0 atom stereocenters. The second-order valence-electron chi connectivity index (χ2n) is 2.27. The largest absolute Gasteiger partial charge is 0.530 e. The molecular formula is C6H3O4P. The highest BCUT2D eigenvalue weighted by atomic mass is 31.2. The summed E-state index contributed by atoms with van der Waals surface area (Å²) in [6.07, 6.45) is 0. The van der Waals surface area contributed by atoms with Crippen LogP contribution in [0.2, 0.25) is 0 Å². The summed E-state index contributed by atoms with van der Waals surface area (Å²) in [5, 5.41) is 9.30. The van der Waals surface area contributed by atoms with E-state index in [1.807, 2.05) is 0 Å². The lowest BCUT2D eigenvalue weighted by atomic mass is 10.3. The van der Waals surface area contributed by atoms with Gasteiger partial charge in [0.1, 0.15) is 5.75 Å². The van der Waals surface area contributed by atoms with Crippen molar-refractivity contribution in [2.75, 3.05) is 0 Å². The fourth-order valence-corrected chi connectivity index (χ4v) is 2.04. The minimum absolute atomic E-state index is 0.0656. The molecule has 56 valence electrons. The van der Waals surface area contributed by atoms with Crippen LogP contribution in [-0.2, 0) is 0 Å².